The smallest absolute Gasteiger partial charge is 0.323 e. The number of hydrazone groups is 1. The van der Waals surface area contributed by atoms with Crippen molar-refractivity contribution in [3.63, 3.8) is 0 Å². The Kier molecular flexibility index (Phi) is 7.00. The van der Waals surface area contributed by atoms with Gasteiger partial charge in [-0.1, -0.05) is 12.1 Å². The van der Waals surface area contributed by atoms with Crippen molar-refractivity contribution in [3.8, 4) is 11.5 Å². The van der Waals surface area contributed by atoms with Crippen LogP contribution in [0.15, 0.2) is 65.9 Å². The van der Waals surface area contributed by atoms with E-state index in [4.69, 9.17) is 9.47 Å². The average Bonchev–Trinajstić information content (AvgIpc) is 3.27. The Bertz CT molecular complexity index is 1230. The maximum absolute atomic E-state index is 15.8. The minimum Gasteiger partial charge on any atom is -0.497 e. The lowest BCUT2D eigenvalue weighted by Crippen LogP contribution is -2.55. The number of nitrogens with zero attached hydrogens (tertiary/aromatic N) is 4. The average molecular weight is 505 g/mol. The molecule has 1 aliphatic rings. The highest BCUT2D eigenvalue weighted by molar-refractivity contribution is 5.55. The number of β-amino-alcohol motifs (C(OH)–C–C–N with tert-alkyl or cyclic N) is 1. The van der Waals surface area contributed by atoms with E-state index in [2.05, 4.69) is 15.6 Å². The van der Waals surface area contributed by atoms with Gasteiger partial charge in [-0.2, -0.15) is 8.78 Å². The van der Waals surface area contributed by atoms with E-state index in [1.54, 1.807) is 31.4 Å². The summed E-state index contributed by atoms with van der Waals surface area (Å²) >= 11 is 0. The number of nitrogens with one attached hydrogen (secondary N) is 1. The number of alkyl halides is 2. The normalized spacial score (nSPS) is 15.2. The molecule has 2 N–H and O–H groups in total. The summed E-state index contributed by atoms with van der Waals surface area (Å²) < 4.78 is 70.5. The summed E-state index contributed by atoms with van der Waals surface area (Å²) in [7, 11) is 3.05. The minimum absolute atomic E-state index is 0.152. The minimum atomic E-state index is -4.11. The molecule has 0 bridgehead atoms. The van der Waals surface area contributed by atoms with Crippen LogP contribution in [0.1, 0.15) is 16.8 Å². The molecule has 0 radical (unpaired) electrons. The molecule has 0 saturated heterocycles. The molecule has 1 aromatic heterocycles. The van der Waals surface area contributed by atoms with Crippen LogP contribution < -0.4 is 15.0 Å². The zero-order chi connectivity index (χ0) is 25.9. The highest BCUT2D eigenvalue weighted by Gasteiger charge is 2.58. The van der Waals surface area contributed by atoms with Crippen LogP contribution in [0.2, 0.25) is 0 Å². The number of ether oxygens (including phenoxy) is 2. The van der Waals surface area contributed by atoms with Crippen molar-refractivity contribution < 1.29 is 32.1 Å². The number of aliphatic hydroxyl groups is 1. The largest absolute Gasteiger partial charge is 0.497 e. The van der Waals surface area contributed by atoms with Gasteiger partial charge in [-0.3, -0.25) is 9.99 Å². The van der Waals surface area contributed by atoms with Gasteiger partial charge < -0.3 is 14.6 Å². The second-order valence-corrected chi connectivity index (χ2v) is 8.06. The van der Waals surface area contributed by atoms with Crippen molar-refractivity contribution in [2.75, 3.05) is 20.7 Å². The summed E-state index contributed by atoms with van der Waals surface area (Å²) in [6, 6.07) is 11.3. The maximum Gasteiger partial charge on any atom is 0.323 e. The number of aromatic nitrogens is 1. The number of hydrogen-bond donors (Lipinski definition) is 2. The molecule has 0 spiro atoms. The highest BCUT2D eigenvalue weighted by atomic mass is 19.3. The number of hydrazine groups is 2. The summed E-state index contributed by atoms with van der Waals surface area (Å²) in [6.45, 7) is -0.687. The van der Waals surface area contributed by atoms with E-state index in [0.717, 1.165) is 41.3 Å². The topological polar surface area (TPSA) is 82.5 Å². The number of benzene rings is 2. The number of methoxy groups -OCH3 is 1. The van der Waals surface area contributed by atoms with E-state index in [9.17, 15) is 13.9 Å². The van der Waals surface area contributed by atoms with Crippen LogP contribution in [0.3, 0.4) is 0 Å². The molecule has 1 atom stereocenters. The molecule has 0 amide bonds. The Balaban J connectivity index is 1.59. The fourth-order valence-electron chi connectivity index (χ4n) is 3.63. The summed E-state index contributed by atoms with van der Waals surface area (Å²) in [5.41, 5.74) is -1.40. The van der Waals surface area contributed by atoms with Crippen LogP contribution in [0.25, 0.3) is 0 Å². The molecule has 4 rings (SSSR count). The lowest BCUT2D eigenvalue weighted by molar-refractivity contribution is -0.207. The molecule has 2 aromatic carbocycles. The molecule has 1 unspecified atom stereocenters. The molecular weight excluding hydrogens is 482 g/mol. The summed E-state index contributed by atoms with van der Waals surface area (Å²) in [5, 5.41) is 17.4. The second kappa shape index (κ2) is 9.99. The lowest BCUT2D eigenvalue weighted by atomic mass is 9.84. The first-order chi connectivity index (χ1) is 17.1. The Hall–Kier alpha value is -3.90. The third-order valence-electron chi connectivity index (χ3n) is 5.56. The molecule has 190 valence electrons. The Labute approximate surface area is 204 Å². The van der Waals surface area contributed by atoms with Gasteiger partial charge in [-0.15, -0.1) is 10.6 Å². The Morgan fingerprint density at radius 1 is 1.03 bits per heavy atom. The van der Waals surface area contributed by atoms with Crippen molar-refractivity contribution in [2.45, 2.75) is 18.1 Å². The number of pyridine rings is 1. The molecule has 0 saturated carbocycles. The molecule has 0 aliphatic carbocycles. The predicted molar refractivity (Wildman–Crippen MR) is 122 cm³/mol. The first-order valence-electron chi connectivity index (χ1n) is 10.7. The number of rotatable bonds is 9. The predicted octanol–water partition coefficient (Wildman–Crippen LogP) is 3.54. The zero-order valence-corrected chi connectivity index (χ0v) is 19.3. The number of hydrogen-bond acceptors (Lipinski definition) is 8. The van der Waals surface area contributed by atoms with E-state index in [1.807, 2.05) is 0 Å². The molecule has 3 aromatic rings. The van der Waals surface area contributed by atoms with Crippen LogP contribution in [-0.4, -0.2) is 47.3 Å². The van der Waals surface area contributed by atoms with E-state index in [1.165, 1.54) is 18.2 Å². The van der Waals surface area contributed by atoms with Gasteiger partial charge >= 0.3 is 5.92 Å². The summed E-state index contributed by atoms with van der Waals surface area (Å²) in [6.07, 6.45) is 2.23. The first-order valence-corrected chi connectivity index (χ1v) is 10.7. The van der Waals surface area contributed by atoms with Crippen LogP contribution in [-0.2, 0) is 18.1 Å². The van der Waals surface area contributed by atoms with Gasteiger partial charge in [-0.25, -0.2) is 13.9 Å². The van der Waals surface area contributed by atoms with E-state index >= 15 is 8.78 Å². The molecular formula is C24H23F4N5O3. The monoisotopic (exact) mass is 505 g/mol. The van der Waals surface area contributed by atoms with Crippen molar-refractivity contribution in [2.24, 2.45) is 5.10 Å². The quantitative estimate of drug-likeness (QED) is 0.431. The van der Waals surface area contributed by atoms with Gasteiger partial charge in [0.2, 0.25) is 0 Å². The van der Waals surface area contributed by atoms with Gasteiger partial charge in [0, 0.05) is 18.7 Å². The van der Waals surface area contributed by atoms with Crippen molar-refractivity contribution in [1.82, 2.24) is 20.6 Å². The molecule has 36 heavy (non-hydrogen) atoms. The SMILES string of the molecule is COc1ccc(COc2ccc(C(F)(F)C(O)(CN3C=NN(C)N3)c3ccc(F)cc3F)nc2)cc1. The van der Waals surface area contributed by atoms with Crippen LogP contribution >= 0.6 is 0 Å². The van der Waals surface area contributed by atoms with Gasteiger partial charge in [-0.05, 0) is 42.0 Å². The van der Waals surface area contributed by atoms with Gasteiger partial charge in [0.1, 0.15) is 41.8 Å². The molecule has 8 nitrogen and oxygen atoms in total. The second-order valence-electron chi connectivity index (χ2n) is 8.06. The summed E-state index contributed by atoms with van der Waals surface area (Å²) in [5.74, 6) is -5.53. The third kappa shape index (κ3) is 5.04. The zero-order valence-electron chi connectivity index (χ0n) is 19.3. The number of halogens is 4. The van der Waals surface area contributed by atoms with Crippen LogP contribution in [0.5, 0.6) is 11.5 Å². The van der Waals surface area contributed by atoms with E-state index < -0.39 is 41.0 Å². The van der Waals surface area contributed by atoms with Crippen molar-refractivity contribution in [3.05, 3.63) is 89.2 Å². The van der Waals surface area contributed by atoms with Crippen LogP contribution in [0, 0.1) is 11.6 Å². The first kappa shape index (κ1) is 25.2. The Morgan fingerprint density at radius 2 is 1.75 bits per heavy atom. The third-order valence-corrected chi connectivity index (χ3v) is 5.56. The summed E-state index contributed by atoms with van der Waals surface area (Å²) in [4.78, 5) is 3.78. The van der Waals surface area contributed by atoms with Gasteiger partial charge in [0.15, 0.2) is 5.60 Å². The highest BCUT2D eigenvalue weighted by Crippen LogP contribution is 2.46. The fraction of sp³-hybridized carbons (Fsp3) is 0.250. The Morgan fingerprint density at radius 3 is 2.33 bits per heavy atom. The molecule has 1 aliphatic heterocycles. The van der Waals surface area contributed by atoms with E-state index in [-0.39, 0.29) is 12.4 Å². The van der Waals surface area contributed by atoms with Crippen molar-refractivity contribution >= 4 is 6.34 Å². The van der Waals surface area contributed by atoms with Crippen molar-refractivity contribution in [1.29, 1.82) is 0 Å². The van der Waals surface area contributed by atoms with Gasteiger partial charge in [0.05, 0.1) is 19.9 Å². The standard InChI is InChI=1S/C24H23F4N5O3/c1-32-30-15-33(31-32)14-23(34,20-9-5-17(25)11-21(20)26)24(27,28)22-10-8-19(12-29-22)36-13-16-3-6-18(35-2)7-4-16/h3-12,15,31,34H,13-14H2,1-2H3. The molecule has 2 heterocycles. The van der Waals surface area contributed by atoms with E-state index in [0.29, 0.717) is 11.8 Å². The maximum atomic E-state index is 15.8. The lowest BCUT2D eigenvalue weighted by Gasteiger charge is -2.38. The fourth-order valence-corrected chi connectivity index (χ4v) is 3.63. The van der Waals surface area contributed by atoms with Gasteiger partial charge in [0.25, 0.3) is 0 Å². The van der Waals surface area contributed by atoms with Crippen LogP contribution in [0.4, 0.5) is 17.6 Å². The molecule has 12 heteroatoms. The molecule has 0 fully saturated rings.